The normalized spacial score (nSPS) is 10.1. The highest BCUT2D eigenvalue weighted by atomic mass is 16.5. The molecule has 2 N–H and O–H groups in total. The predicted octanol–water partition coefficient (Wildman–Crippen LogP) is -0.0885. The smallest absolute Gasteiger partial charge is 0.488 e. The summed E-state index contributed by atoms with van der Waals surface area (Å²) in [6.45, 7) is 2.81. The zero-order valence-electron chi connectivity index (χ0n) is 8.93. The minimum absolute atomic E-state index is 0.348. The van der Waals surface area contributed by atoms with E-state index in [1.54, 1.807) is 25.3 Å². The van der Waals surface area contributed by atoms with Gasteiger partial charge in [-0.15, -0.1) is 0 Å². The Bertz CT molecular complexity index is 314. The summed E-state index contributed by atoms with van der Waals surface area (Å²) in [5.41, 5.74) is 1.18. The van der Waals surface area contributed by atoms with Crippen molar-refractivity contribution in [1.82, 2.24) is 0 Å². The van der Waals surface area contributed by atoms with E-state index in [2.05, 4.69) is 0 Å². The van der Waals surface area contributed by atoms with E-state index in [4.69, 9.17) is 19.5 Å². The molecule has 82 valence electrons. The third-order valence-electron chi connectivity index (χ3n) is 2.09. The fourth-order valence-corrected chi connectivity index (χ4v) is 1.30. The molecular formula is C10H15BO4. The molecule has 0 saturated carbocycles. The molecule has 0 aliphatic rings. The maximum Gasteiger partial charge on any atom is 0.488 e. The summed E-state index contributed by atoms with van der Waals surface area (Å²) in [6, 6.07) is 5.05. The Labute approximate surface area is 89.6 Å². The third kappa shape index (κ3) is 3.23. The summed E-state index contributed by atoms with van der Waals surface area (Å²) in [5, 5.41) is 18.3. The van der Waals surface area contributed by atoms with Crippen LogP contribution < -0.4 is 10.2 Å². The van der Waals surface area contributed by atoms with Gasteiger partial charge in [-0.1, -0.05) is 6.07 Å². The highest BCUT2D eigenvalue weighted by molar-refractivity contribution is 6.59. The van der Waals surface area contributed by atoms with E-state index < -0.39 is 7.12 Å². The second-order valence-corrected chi connectivity index (χ2v) is 3.08. The van der Waals surface area contributed by atoms with E-state index >= 15 is 0 Å². The van der Waals surface area contributed by atoms with Crippen molar-refractivity contribution in [1.29, 1.82) is 0 Å². The van der Waals surface area contributed by atoms with Crippen molar-refractivity contribution in [2.75, 3.05) is 13.7 Å². The van der Waals surface area contributed by atoms with Gasteiger partial charge in [-0.05, 0) is 30.1 Å². The van der Waals surface area contributed by atoms with E-state index in [0.29, 0.717) is 24.4 Å². The summed E-state index contributed by atoms with van der Waals surface area (Å²) in [5.74, 6) is 0.675. The maximum atomic E-state index is 9.13. The molecule has 1 rings (SSSR count). The summed E-state index contributed by atoms with van der Waals surface area (Å²) in [4.78, 5) is 0. The number of methoxy groups -OCH3 is 1. The molecule has 0 bridgehead atoms. The summed E-state index contributed by atoms with van der Waals surface area (Å²) in [7, 11) is 0.0841. The lowest BCUT2D eigenvalue weighted by molar-refractivity contribution is 0.134. The molecule has 1 aromatic rings. The van der Waals surface area contributed by atoms with Crippen LogP contribution in [-0.4, -0.2) is 30.9 Å². The predicted molar refractivity (Wildman–Crippen MR) is 58.1 cm³/mol. The Morgan fingerprint density at radius 3 is 2.60 bits per heavy atom. The Morgan fingerprint density at radius 2 is 2.07 bits per heavy atom. The first-order chi connectivity index (χ1) is 7.19. The van der Waals surface area contributed by atoms with E-state index in [0.717, 1.165) is 5.56 Å². The van der Waals surface area contributed by atoms with E-state index in [1.807, 2.05) is 6.92 Å². The first-order valence-electron chi connectivity index (χ1n) is 4.79. The summed E-state index contributed by atoms with van der Waals surface area (Å²) in [6.07, 6.45) is 0. The monoisotopic (exact) mass is 210 g/mol. The van der Waals surface area contributed by atoms with Gasteiger partial charge in [0, 0.05) is 6.61 Å². The van der Waals surface area contributed by atoms with Crippen molar-refractivity contribution in [3.63, 3.8) is 0 Å². The first kappa shape index (κ1) is 12.0. The molecule has 0 saturated heterocycles. The lowest BCUT2D eigenvalue weighted by Crippen LogP contribution is -2.33. The average molecular weight is 210 g/mol. The van der Waals surface area contributed by atoms with Crippen LogP contribution in [0.25, 0.3) is 0 Å². The van der Waals surface area contributed by atoms with Crippen molar-refractivity contribution in [3.05, 3.63) is 23.8 Å². The van der Waals surface area contributed by atoms with Crippen molar-refractivity contribution in [2.24, 2.45) is 0 Å². The second kappa shape index (κ2) is 5.75. The molecule has 0 aliphatic carbocycles. The second-order valence-electron chi connectivity index (χ2n) is 3.08. The van der Waals surface area contributed by atoms with Crippen LogP contribution >= 0.6 is 0 Å². The van der Waals surface area contributed by atoms with Gasteiger partial charge in [-0.3, -0.25) is 0 Å². The SMILES string of the molecule is CCOCc1cc(OC)ccc1B(O)O. The van der Waals surface area contributed by atoms with Gasteiger partial charge in [0.05, 0.1) is 13.7 Å². The molecule has 0 heterocycles. The van der Waals surface area contributed by atoms with Crippen LogP contribution in [-0.2, 0) is 11.3 Å². The standard InChI is InChI=1S/C10H15BO4/c1-3-15-7-8-6-9(14-2)4-5-10(8)11(12)13/h4-6,12-13H,3,7H2,1-2H3. The van der Waals surface area contributed by atoms with Gasteiger partial charge in [0.15, 0.2) is 0 Å². The van der Waals surface area contributed by atoms with Crippen LogP contribution in [0.2, 0.25) is 0 Å². The van der Waals surface area contributed by atoms with Gasteiger partial charge in [-0.2, -0.15) is 0 Å². The van der Waals surface area contributed by atoms with Crippen molar-refractivity contribution in [2.45, 2.75) is 13.5 Å². The minimum Gasteiger partial charge on any atom is -0.497 e. The maximum absolute atomic E-state index is 9.13. The van der Waals surface area contributed by atoms with Crippen LogP contribution in [0.5, 0.6) is 5.75 Å². The number of hydrogen-bond acceptors (Lipinski definition) is 4. The molecule has 0 aliphatic heterocycles. The Balaban J connectivity index is 2.94. The average Bonchev–Trinajstić information content (AvgIpc) is 2.25. The number of benzene rings is 1. The third-order valence-corrected chi connectivity index (χ3v) is 2.09. The van der Waals surface area contributed by atoms with Crippen LogP contribution in [0.4, 0.5) is 0 Å². The van der Waals surface area contributed by atoms with Crippen LogP contribution in [0.15, 0.2) is 18.2 Å². The van der Waals surface area contributed by atoms with Crippen molar-refractivity contribution >= 4 is 12.6 Å². The van der Waals surface area contributed by atoms with Gasteiger partial charge < -0.3 is 19.5 Å². The molecule has 0 spiro atoms. The topological polar surface area (TPSA) is 58.9 Å². The molecule has 0 fully saturated rings. The zero-order valence-corrected chi connectivity index (χ0v) is 8.93. The molecule has 0 atom stereocenters. The lowest BCUT2D eigenvalue weighted by Gasteiger charge is -2.10. The summed E-state index contributed by atoms with van der Waals surface area (Å²) >= 11 is 0. The highest BCUT2D eigenvalue weighted by Gasteiger charge is 2.16. The molecule has 4 nitrogen and oxygen atoms in total. The number of rotatable bonds is 5. The zero-order chi connectivity index (χ0) is 11.3. The Hall–Kier alpha value is -1.04. The van der Waals surface area contributed by atoms with Gasteiger partial charge in [0.25, 0.3) is 0 Å². The van der Waals surface area contributed by atoms with Gasteiger partial charge in [-0.25, -0.2) is 0 Å². The number of ether oxygens (including phenoxy) is 2. The molecule has 0 amide bonds. The minimum atomic E-state index is -1.48. The van der Waals surface area contributed by atoms with E-state index in [9.17, 15) is 0 Å². The molecule has 0 unspecified atom stereocenters. The molecular weight excluding hydrogens is 195 g/mol. The van der Waals surface area contributed by atoms with Crippen molar-refractivity contribution in [3.8, 4) is 5.75 Å². The van der Waals surface area contributed by atoms with Gasteiger partial charge in [0.2, 0.25) is 0 Å². The molecule has 15 heavy (non-hydrogen) atoms. The van der Waals surface area contributed by atoms with E-state index in [-0.39, 0.29) is 0 Å². The van der Waals surface area contributed by atoms with Crippen LogP contribution in [0.1, 0.15) is 12.5 Å². The quantitative estimate of drug-likeness (QED) is 0.667. The number of hydrogen-bond donors (Lipinski definition) is 2. The molecule has 1 aromatic carbocycles. The van der Waals surface area contributed by atoms with Gasteiger partial charge in [0.1, 0.15) is 5.75 Å². The highest BCUT2D eigenvalue weighted by Crippen LogP contribution is 2.12. The van der Waals surface area contributed by atoms with Crippen molar-refractivity contribution < 1.29 is 19.5 Å². The Kier molecular flexibility index (Phi) is 4.61. The first-order valence-corrected chi connectivity index (χ1v) is 4.79. The lowest BCUT2D eigenvalue weighted by atomic mass is 9.77. The van der Waals surface area contributed by atoms with Crippen LogP contribution in [0.3, 0.4) is 0 Å². The van der Waals surface area contributed by atoms with Gasteiger partial charge >= 0.3 is 7.12 Å². The fraction of sp³-hybridized carbons (Fsp3) is 0.400. The van der Waals surface area contributed by atoms with E-state index in [1.165, 1.54) is 0 Å². The summed E-state index contributed by atoms with van der Waals surface area (Å²) < 4.78 is 10.3. The molecule has 0 radical (unpaired) electrons. The largest absolute Gasteiger partial charge is 0.497 e. The molecule has 5 heteroatoms. The van der Waals surface area contributed by atoms with Crippen LogP contribution in [0, 0.1) is 0 Å². The fourth-order valence-electron chi connectivity index (χ4n) is 1.30. The Morgan fingerprint density at radius 1 is 1.33 bits per heavy atom. The molecule has 0 aromatic heterocycles.